The van der Waals surface area contributed by atoms with E-state index in [1.165, 1.54) is 0 Å². The van der Waals surface area contributed by atoms with Crippen molar-refractivity contribution in [2.24, 2.45) is 0 Å². The molecule has 36 heavy (non-hydrogen) atoms. The summed E-state index contributed by atoms with van der Waals surface area (Å²) >= 11 is 0. The Bertz CT molecular complexity index is 1370. The van der Waals surface area contributed by atoms with Crippen molar-refractivity contribution < 1.29 is 35.2 Å². The maximum Gasteiger partial charge on any atom is 0.264 e. The molecular weight excluding hydrogens is 497 g/mol. The summed E-state index contributed by atoms with van der Waals surface area (Å²) in [6.45, 7) is 1.26. The second kappa shape index (κ2) is 9.37. The number of rotatable bonds is 8. The van der Waals surface area contributed by atoms with Gasteiger partial charge in [-0.2, -0.15) is 8.42 Å². The number of para-hydroxylation sites is 1. The van der Waals surface area contributed by atoms with E-state index in [1.807, 2.05) is 31.2 Å². The molecule has 2 aliphatic rings. The third-order valence-corrected chi connectivity index (χ3v) is 7.28. The predicted molar refractivity (Wildman–Crippen MR) is 127 cm³/mol. The van der Waals surface area contributed by atoms with Crippen molar-refractivity contribution in [2.75, 3.05) is 39.2 Å². The number of nitrogens with one attached hydrogen (secondary N) is 1. The van der Waals surface area contributed by atoms with Crippen LogP contribution in [0.15, 0.2) is 36.4 Å². The Labute approximate surface area is 207 Å². The van der Waals surface area contributed by atoms with Gasteiger partial charge in [-0.05, 0) is 25.0 Å². The van der Waals surface area contributed by atoms with Crippen molar-refractivity contribution in [3.8, 4) is 5.75 Å². The number of ether oxygens (including phenoxy) is 2. The van der Waals surface area contributed by atoms with Gasteiger partial charge >= 0.3 is 0 Å². The Balaban J connectivity index is 1.53. The molecule has 0 bridgehead atoms. The number of fused-ring (bicyclic) bond motifs is 3. The van der Waals surface area contributed by atoms with Crippen LogP contribution in [-0.4, -0.2) is 69.2 Å². The monoisotopic (exact) mass is 524 g/mol. The van der Waals surface area contributed by atoms with Gasteiger partial charge in [0.15, 0.2) is 5.67 Å². The first-order chi connectivity index (χ1) is 17.0. The molecule has 1 N–H and O–H groups in total. The summed E-state index contributed by atoms with van der Waals surface area (Å²) < 4.78 is 83.5. The lowest BCUT2D eigenvalue weighted by Gasteiger charge is -2.46. The first kappa shape index (κ1) is 25.1. The number of hydrogen-bond acceptors (Lipinski definition) is 6. The molecule has 0 amide bonds. The van der Waals surface area contributed by atoms with Gasteiger partial charge in [0, 0.05) is 46.9 Å². The molecule has 0 saturated carbocycles. The zero-order chi connectivity index (χ0) is 25.7. The molecule has 3 heterocycles. The molecule has 3 aromatic rings. The van der Waals surface area contributed by atoms with E-state index in [1.54, 1.807) is 4.90 Å². The fraction of sp³-hybridized carbons (Fsp3) is 0.440. The number of benzene rings is 2. The molecule has 0 radical (unpaired) electrons. The summed E-state index contributed by atoms with van der Waals surface area (Å²) in [5.41, 5.74) is 0.624. The number of halogens is 3. The number of alkyl halides is 1. The van der Waals surface area contributed by atoms with Gasteiger partial charge in [0.2, 0.25) is 0 Å². The number of aromatic amines is 1. The molecule has 1 fully saturated rings. The molecule has 1 aromatic heterocycles. The predicted octanol–water partition coefficient (Wildman–Crippen LogP) is 3.88. The van der Waals surface area contributed by atoms with Gasteiger partial charge in [-0.15, -0.1) is 0 Å². The minimum Gasteiger partial charge on any atom is -0.491 e. The summed E-state index contributed by atoms with van der Waals surface area (Å²) in [5, 5.41) is 0.970. The molecule has 7 nitrogen and oxygen atoms in total. The van der Waals surface area contributed by atoms with Gasteiger partial charge in [0.25, 0.3) is 10.1 Å². The molecule has 2 aromatic carbocycles. The van der Waals surface area contributed by atoms with Crippen LogP contribution < -0.4 is 4.74 Å². The highest BCUT2D eigenvalue weighted by Gasteiger charge is 2.46. The van der Waals surface area contributed by atoms with Crippen LogP contribution in [0.25, 0.3) is 10.9 Å². The lowest BCUT2D eigenvalue weighted by atomic mass is 9.86. The summed E-state index contributed by atoms with van der Waals surface area (Å²) in [7, 11) is -3.66. The Hall–Kier alpha value is -2.60. The topological polar surface area (TPSA) is 80.9 Å². The van der Waals surface area contributed by atoms with Gasteiger partial charge in [-0.1, -0.05) is 18.2 Å². The highest BCUT2D eigenvalue weighted by atomic mass is 32.2. The first-order valence-corrected chi connectivity index (χ1v) is 13.4. The fourth-order valence-electron chi connectivity index (χ4n) is 5.06. The van der Waals surface area contributed by atoms with E-state index in [0.717, 1.165) is 34.9 Å². The summed E-state index contributed by atoms with van der Waals surface area (Å²) in [5.74, 6) is -1.80. The molecule has 0 aliphatic carbocycles. The van der Waals surface area contributed by atoms with Crippen molar-refractivity contribution in [2.45, 2.75) is 31.1 Å². The average molecular weight is 525 g/mol. The Morgan fingerprint density at radius 3 is 2.50 bits per heavy atom. The van der Waals surface area contributed by atoms with E-state index in [4.69, 9.17) is 9.47 Å². The normalized spacial score (nSPS) is 21.8. The van der Waals surface area contributed by atoms with Crippen LogP contribution in [0, 0.1) is 11.6 Å². The van der Waals surface area contributed by atoms with Crippen molar-refractivity contribution in [3.63, 3.8) is 0 Å². The third kappa shape index (κ3) is 4.84. The van der Waals surface area contributed by atoms with Crippen molar-refractivity contribution in [3.05, 3.63) is 64.9 Å². The third-order valence-electron chi connectivity index (χ3n) is 6.68. The maximum absolute atomic E-state index is 15.6. The molecular formula is C25H27F3N2O5S. The SMILES string of the molecule is C[C@@H]1Cc2c([nH]c3ccccc23)[C@@H](c2c(F)cc(OCCOS(C)(=O)=O)cc2F)N1CC1(F)COC1. The second-order valence-corrected chi connectivity index (χ2v) is 11.2. The molecule has 11 heteroatoms. The van der Waals surface area contributed by atoms with Gasteiger partial charge in [-0.3, -0.25) is 9.08 Å². The lowest BCUT2D eigenvalue weighted by Crippen LogP contribution is -2.57. The zero-order valence-electron chi connectivity index (χ0n) is 19.9. The first-order valence-electron chi connectivity index (χ1n) is 11.6. The number of H-pyrrole nitrogens is 1. The van der Waals surface area contributed by atoms with Crippen molar-refractivity contribution >= 4 is 21.0 Å². The minimum absolute atomic E-state index is 0.0341. The van der Waals surface area contributed by atoms with Crippen LogP contribution in [-0.2, 0) is 25.5 Å². The van der Waals surface area contributed by atoms with E-state index in [9.17, 15) is 8.42 Å². The van der Waals surface area contributed by atoms with E-state index < -0.39 is 33.5 Å². The van der Waals surface area contributed by atoms with Crippen molar-refractivity contribution in [1.29, 1.82) is 0 Å². The minimum atomic E-state index is -3.66. The Morgan fingerprint density at radius 1 is 1.17 bits per heavy atom. The van der Waals surface area contributed by atoms with Crippen LogP contribution in [0.2, 0.25) is 0 Å². The van der Waals surface area contributed by atoms with E-state index in [-0.39, 0.29) is 50.3 Å². The molecule has 2 atom stereocenters. The van der Waals surface area contributed by atoms with Crippen LogP contribution in [0.1, 0.15) is 29.8 Å². The Kier molecular flexibility index (Phi) is 6.52. The van der Waals surface area contributed by atoms with Gasteiger partial charge < -0.3 is 14.5 Å². The quantitative estimate of drug-likeness (QED) is 0.356. The largest absolute Gasteiger partial charge is 0.491 e. The zero-order valence-corrected chi connectivity index (χ0v) is 20.7. The average Bonchev–Trinajstić information content (AvgIpc) is 3.14. The summed E-state index contributed by atoms with van der Waals surface area (Å²) in [4.78, 5) is 5.12. The van der Waals surface area contributed by atoms with Crippen molar-refractivity contribution in [1.82, 2.24) is 9.88 Å². The highest BCUT2D eigenvalue weighted by Crippen LogP contribution is 2.44. The van der Waals surface area contributed by atoms with E-state index in [0.29, 0.717) is 12.1 Å². The number of hydrogen-bond donors (Lipinski definition) is 1. The standard InChI is InChI=1S/C25H27F3N2O5S/c1-15-9-18-17-5-3-4-6-21(17)29-23(18)24(30(15)12-25(28)13-33-14-25)22-19(26)10-16(11-20(22)27)34-7-8-35-36(2,31)32/h3-6,10-11,15,24,29H,7-9,12-14H2,1-2H3/t15-,24-/m1/s1. The summed E-state index contributed by atoms with van der Waals surface area (Å²) in [6, 6.07) is 8.66. The lowest BCUT2D eigenvalue weighted by molar-refractivity contribution is -0.148. The van der Waals surface area contributed by atoms with Gasteiger partial charge in [-0.25, -0.2) is 13.2 Å². The molecule has 0 spiro atoms. The van der Waals surface area contributed by atoms with Crippen LogP contribution in [0.3, 0.4) is 0 Å². The van der Waals surface area contributed by atoms with Crippen LogP contribution in [0.4, 0.5) is 13.2 Å². The van der Waals surface area contributed by atoms with Gasteiger partial charge in [0.1, 0.15) is 30.6 Å². The maximum atomic E-state index is 15.6. The summed E-state index contributed by atoms with van der Waals surface area (Å²) in [6.07, 6.45) is 1.49. The van der Waals surface area contributed by atoms with E-state index >= 15 is 13.2 Å². The van der Waals surface area contributed by atoms with E-state index in [2.05, 4.69) is 9.17 Å². The molecule has 0 unspecified atom stereocenters. The highest BCUT2D eigenvalue weighted by molar-refractivity contribution is 7.85. The van der Waals surface area contributed by atoms with Crippen LogP contribution in [0.5, 0.6) is 5.75 Å². The Morgan fingerprint density at radius 2 is 1.86 bits per heavy atom. The number of nitrogens with zero attached hydrogens (tertiary/aromatic N) is 1. The number of aromatic nitrogens is 1. The molecule has 1 saturated heterocycles. The molecule has 194 valence electrons. The molecule has 2 aliphatic heterocycles. The van der Waals surface area contributed by atoms with Crippen LogP contribution >= 0.6 is 0 Å². The fourth-order valence-corrected chi connectivity index (χ4v) is 5.43. The van der Waals surface area contributed by atoms with Gasteiger partial charge in [0.05, 0.1) is 25.5 Å². The smallest absolute Gasteiger partial charge is 0.264 e. The molecule has 5 rings (SSSR count). The second-order valence-electron chi connectivity index (χ2n) is 9.51.